The maximum Gasteiger partial charge on any atom is 0.115 e. The Labute approximate surface area is 71.2 Å². The van der Waals surface area contributed by atoms with Gasteiger partial charge in [0.05, 0.1) is 6.61 Å². The van der Waals surface area contributed by atoms with E-state index in [-0.39, 0.29) is 12.4 Å². The number of aliphatic hydroxyl groups excluding tert-OH is 1. The van der Waals surface area contributed by atoms with E-state index < -0.39 is 6.10 Å². The Hall–Kier alpha value is -1.06. The minimum absolute atomic E-state index is 0.198. The number of rotatable bonds is 3. The van der Waals surface area contributed by atoms with Gasteiger partial charge in [-0.05, 0) is 17.7 Å². The standard InChI is InChI=1S/C9H12O3/c1-12-6-9(11)7-2-4-8(10)5-3-7/h2-5,9-11H,6H2,1H3. The molecule has 1 aromatic carbocycles. The first-order chi connectivity index (χ1) is 5.74. The molecule has 3 nitrogen and oxygen atoms in total. The van der Waals surface area contributed by atoms with Crippen LogP contribution in [0.1, 0.15) is 11.7 Å². The van der Waals surface area contributed by atoms with Gasteiger partial charge in [-0.15, -0.1) is 0 Å². The number of methoxy groups -OCH3 is 1. The average molecular weight is 168 g/mol. The highest BCUT2D eigenvalue weighted by atomic mass is 16.5. The fourth-order valence-electron chi connectivity index (χ4n) is 0.951. The van der Waals surface area contributed by atoms with Crippen molar-refractivity contribution in [2.45, 2.75) is 6.10 Å². The molecule has 0 aliphatic rings. The van der Waals surface area contributed by atoms with Crippen LogP contribution in [0.2, 0.25) is 0 Å². The van der Waals surface area contributed by atoms with E-state index in [9.17, 15) is 5.11 Å². The summed E-state index contributed by atoms with van der Waals surface area (Å²) in [5, 5.41) is 18.4. The fraction of sp³-hybridized carbons (Fsp3) is 0.333. The lowest BCUT2D eigenvalue weighted by molar-refractivity contribution is 0.0644. The van der Waals surface area contributed by atoms with E-state index in [1.165, 1.54) is 19.2 Å². The Bertz CT molecular complexity index is 230. The van der Waals surface area contributed by atoms with Crippen molar-refractivity contribution in [1.29, 1.82) is 0 Å². The van der Waals surface area contributed by atoms with Gasteiger partial charge in [-0.3, -0.25) is 0 Å². The maximum atomic E-state index is 9.40. The Kier molecular flexibility index (Phi) is 3.08. The van der Waals surface area contributed by atoms with Gasteiger partial charge in [0.1, 0.15) is 11.9 Å². The monoisotopic (exact) mass is 168 g/mol. The topological polar surface area (TPSA) is 49.7 Å². The molecule has 2 N–H and O–H groups in total. The first-order valence-electron chi connectivity index (χ1n) is 3.70. The zero-order valence-corrected chi connectivity index (χ0v) is 6.90. The van der Waals surface area contributed by atoms with Crippen LogP contribution >= 0.6 is 0 Å². The van der Waals surface area contributed by atoms with Crippen molar-refractivity contribution < 1.29 is 14.9 Å². The molecule has 0 heterocycles. The van der Waals surface area contributed by atoms with Gasteiger partial charge in [-0.25, -0.2) is 0 Å². The number of aliphatic hydroxyl groups is 1. The van der Waals surface area contributed by atoms with E-state index in [4.69, 9.17) is 9.84 Å². The fourth-order valence-corrected chi connectivity index (χ4v) is 0.951. The van der Waals surface area contributed by atoms with Crippen molar-refractivity contribution >= 4 is 0 Å². The summed E-state index contributed by atoms with van der Waals surface area (Å²) in [4.78, 5) is 0. The van der Waals surface area contributed by atoms with Gasteiger partial charge in [0.25, 0.3) is 0 Å². The van der Waals surface area contributed by atoms with Gasteiger partial charge >= 0.3 is 0 Å². The summed E-state index contributed by atoms with van der Waals surface area (Å²) in [7, 11) is 1.53. The summed E-state index contributed by atoms with van der Waals surface area (Å²) in [5.41, 5.74) is 0.745. The van der Waals surface area contributed by atoms with E-state index in [0.717, 1.165) is 5.56 Å². The van der Waals surface area contributed by atoms with Crippen LogP contribution in [0.15, 0.2) is 24.3 Å². The highest BCUT2D eigenvalue weighted by Gasteiger charge is 2.05. The lowest BCUT2D eigenvalue weighted by Crippen LogP contribution is -2.04. The molecule has 1 rings (SSSR count). The van der Waals surface area contributed by atoms with Crippen LogP contribution < -0.4 is 0 Å². The number of phenols is 1. The molecule has 0 aliphatic heterocycles. The molecule has 0 aromatic heterocycles. The van der Waals surface area contributed by atoms with Crippen molar-refractivity contribution in [3.8, 4) is 5.75 Å². The molecule has 66 valence electrons. The van der Waals surface area contributed by atoms with Crippen LogP contribution in [-0.4, -0.2) is 23.9 Å². The summed E-state index contributed by atoms with van der Waals surface area (Å²) in [6.07, 6.45) is -0.615. The molecule has 12 heavy (non-hydrogen) atoms. The maximum absolute atomic E-state index is 9.40. The van der Waals surface area contributed by atoms with Crippen molar-refractivity contribution in [3.05, 3.63) is 29.8 Å². The van der Waals surface area contributed by atoms with E-state index in [1.807, 2.05) is 0 Å². The Morgan fingerprint density at radius 3 is 2.42 bits per heavy atom. The summed E-state index contributed by atoms with van der Waals surface area (Å²) < 4.78 is 4.78. The van der Waals surface area contributed by atoms with Crippen molar-refractivity contribution in [1.82, 2.24) is 0 Å². The molecular weight excluding hydrogens is 156 g/mol. The van der Waals surface area contributed by atoms with Gasteiger partial charge in [0.15, 0.2) is 0 Å². The average Bonchev–Trinajstić information content (AvgIpc) is 2.06. The summed E-state index contributed by atoms with van der Waals surface area (Å²) in [6.45, 7) is 0.269. The molecule has 3 heteroatoms. The second-order valence-electron chi connectivity index (χ2n) is 2.56. The van der Waals surface area contributed by atoms with E-state index >= 15 is 0 Å². The van der Waals surface area contributed by atoms with Gasteiger partial charge in [-0.2, -0.15) is 0 Å². The van der Waals surface area contributed by atoms with Crippen LogP contribution in [0.4, 0.5) is 0 Å². The third kappa shape index (κ3) is 2.22. The second kappa shape index (κ2) is 4.09. The molecule has 0 saturated carbocycles. The summed E-state index contributed by atoms with van der Waals surface area (Å²) >= 11 is 0. The molecule has 1 unspecified atom stereocenters. The van der Waals surface area contributed by atoms with Crippen LogP contribution in [-0.2, 0) is 4.74 Å². The van der Waals surface area contributed by atoms with E-state index in [0.29, 0.717) is 0 Å². The molecule has 0 saturated heterocycles. The zero-order valence-electron chi connectivity index (χ0n) is 6.90. The molecule has 0 spiro atoms. The van der Waals surface area contributed by atoms with Gasteiger partial charge in [0, 0.05) is 7.11 Å². The molecule has 0 bridgehead atoms. The second-order valence-corrected chi connectivity index (χ2v) is 2.56. The first kappa shape index (κ1) is 9.03. The Morgan fingerprint density at radius 2 is 1.92 bits per heavy atom. The van der Waals surface area contributed by atoms with E-state index in [1.54, 1.807) is 12.1 Å². The Morgan fingerprint density at radius 1 is 1.33 bits per heavy atom. The zero-order chi connectivity index (χ0) is 8.97. The molecular formula is C9H12O3. The highest BCUT2D eigenvalue weighted by molar-refractivity contribution is 5.27. The minimum atomic E-state index is -0.615. The van der Waals surface area contributed by atoms with Crippen LogP contribution in [0.3, 0.4) is 0 Å². The van der Waals surface area contributed by atoms with Crippen LogP contribution in [0.25, 0.3) is 0 Å². The predicted octanol–water partition coefficient (Wildman–Crippen LogP) is 1.07. The van der Waals surface area contributed by atoms with Crippen molar-refractivity contribution in [3.63, 3.8) is 0 Å². The Balaban J connectivity index is 2.68. The van der Waals surface area contributed by atoms with Crippen molar-refractivity contribution in [2.75, 3.05) is 13.7 Å². The van der Waals surface area contributed by atoms with Gasteiger partial charge < -0.3 is 14.9 Å². The molecule has 0 aliphatic carbocycles. The van der Waals surface area contributed by atoms with Crippen molar-refractivity contribution in [2.24, 2.45) is 0 Å². The number of ether oxygens (including phenoxy) is 1. The molecule has 0 fully saturated rings. The normalized spacial score (nSPS) is 12.8. The smallest absolute Gasteiger partial charge is 0.115 e. The van der Waals surface area contributed by atoms with E-state index in [2.05, 4.69) is 0 Å². The SMILES string of the molecule is COCC(O)c1ccc(O)cc1. The quantitative estimate of drug-likeness (QED) is 0.709. The van der Waals surface area contributed by atoms with Crippen LogP contribution in [0, 0.1) is 0 Å². The minimum Gasteiger partial charge on any atom is -0.508 e. The largest absolute Gasteiger partial charge is 0.508 e. The molecule has 1 aromatic rings. The summed E-state index contributed by atoms with van der Waals surface area (Å²) in [5.74, 6) is 0.198. The lowest BCUT2D eigenvalue weighted by atomic mass is 10.1. The number of hydrogen-bond acceptors (Lipinski definition) is 3. The molecule has 1 atom stereocenters. The predicted molar refractivity (Wildman–Crippen MR) is 44.9 cm³/mol. The number of benzene rings is 1. The van der Waals surface area contributed by atoms with Gasteiger partial charge in [0.2, 0.25) is 0 Å². The summed E-state index contributed by atoms with van der Waals surface area (Å²) in [6, 6.07) is 6.40. The lowest BCUT2D eigenvalue weighted by Gasteiger charge is -2.08. The van der Waals surface area contributed by atoms with Crippen LogP contribution in [0.5, 0.6) is 5.75 Å². The third-order valence-electron chi connectivity index (χ3n) is 1.60. The highest BCUT2D eigenvalue weighted by Crippen LogP contribution is 2.16. The number of aromatic hydroxyl groups is 1. The molecule has 0 amide bonds. The van der Waals surface area contributed by atoms with Gasteiger partial charge in [-0.1, -0.05) is 12.1 Å². The first-order valence-corrected chi connectivity index (χ1v) is 3.70. The molecule has 0 radical (unpaired) electrons. The number of phenolic OH excluding ortho intramolecular Hbond substituents is 1. The third-order valence-corrected chi connectivity index (χ3v) is 1.60. The number of hydrogen-bond donors (Lipinski definition) is 2.